The molecule has 0 saturated heterocycles. The molecule has 2 rings (SSSR count). The van der Waals surface area contributed by atoms with Gasteiger partial charge in [0.1, 0.15) is 0 Å². The molecule has 0 saturated carbocycles. The lowest BCUT2D eigenvalue weighted by molar-refractivity contribution is -0.112. The van der Waals surface area contributed by atoms with E-state index in [0.717, 1.165) is 22.5 Å². The minimum atomic E-state index is -0.0138. The maximum atomic E-state index is 11.4. The van der Waals surface area contributed by atoms with Crippen molar-refractivity contribution >= 4 is 28.8 Å². The van der Waals surface area contributed by atoms with Gasteiger partial charge < -0.3 is 5.32 Å². The van der Waals surface area contributed by atoms with Crippen molar-refractivity contribution in [2.45, 2.75) is 13.8 Å². The number of nitrogens with one attached hydrogen (secondary N) is 1. The number of anilines is 1. The van der Waals surface area contributed by atoms with E-state index in [4.69, 9.17) is 11.6 Å². The molecule has 0 amide bonds. The van der Waals surface area contributed by atoms with Crippen molar-refractivity contribution in [3.8, 4) is 0 Å². The highest BCUT2D eigenvalue weighted by atomic mass is 35.5. The molecule has 0 fully saturated rings. The average molecular weight is 286 g/mol. The van der Waals surface area contributed by atoms with Gasteiger partial charge in [-0.2, -0.15) is 0 Å². The highest BCUT2D eigenvalue weighted by Crippen LogP contribution is 2.26. The number of benzene rings is 2. The standard InChI is InChI=1S/C17H16ClNO/c1-12-8-9-15(18)17(10-12)19-16(11-13(2)20)14-6-4-3-5-7-14/h3-11,19H,1-2H3/b16-11+. The van der Waals surface area contributed by atoms with Gasteiger partial charge in [-0.15, -0.1) is 0 Å². The van der Waals surface area contributed by atoms with E-state index >= 15 is 0 Å². The summed E-state index contributed by atoms with van der Waals surface area (Å²) in [6.45, 7) is 3.53. The quantitative estimate of drug-likeness (QED) is 0.826. The van der Waals surface area contributed by atoms with Crippen LogP contribution in [0.1, 0.15) is 18.1 Å². The first-order chi connectivity index (χ1) is 9.56. The first kappa shape index (κ1) is 14.4. The lowest BCUT2D eigenvalue weighted by Gasteiger charge is -2.13. The second kappa shape index (κ2) is 6.40. The monoisotopic (exact) mass is 285 g/mol. The Bertz CT molecular complexity index is 647. The number of allylic oxidation sites excluding steroid dienone is 1. The highest BCUT2D eigenvalue weighted by molar-refractivity contribution is 6.33. The van der Waals surface area contributed by atoms with Crippen LogP contribution in [-0.2, 0) is 4.79 Å². The number of aryl methyl sites for hydroxylation is 1. The summed E-state index contributed by atoms with van der Waals surface area (Å²) in [6.07, 6.45) is 1.58. The minimum Gasteiger partial charge on any atom is -0.354 e. The number of carbonyl (C=O) groups excluding carboxylic acids is 1. The summed E-state index contributed by atoms with van der Waals surface area (Å²) in [5.41, 5.74) is 3.58. The Morgan fingerprint density at radius 3 is 2.50 bits per heavy atom. The molecule has 3 heteroatoms. The molecule has 0 aliphatic rings. The maximum absolute atomic E-state index is 11.4. The summed E-state index contributed by atoms with van der Waals surface area (Å²) < 4.78 is 0. The van der Waals surface area contributed by atoms with Crippen molar-refractivity contribution in [2.75, 3.05) is 5.32 Å². The van der Waals surface area contributed by atoms with Crippen molar-refractivity contribution in [3.05, 3.63) is 70.8 Å². The van der Waals surface area contributed by atoms with Crippen molar-refractivity contribution in [3.63, 3.8) is 0 Å². The van der Waals surface area contributed by atoms with E-state index in [9.17, 15) is 4.79 Å². The molecule has 0 spiro atoms. The number of halogens is 1. The fourth-order valence-electron chi connectivity index (χ4n) is 1.89. The molecule has 0 atom stereocenters. The van der Waals surface area contributed by atoms with Crippen LogP contribution in [0.3, 0.4) is 0 Å². The molecule has 0 bridgehead atoms. The average Bonchev–Trinajstić information content (AvgIpc) is 2.42. The molecule has 2 aromatic carbocycles. The number of rotatable bonds is 4. The Kier molecular flexibility index (Phi) is 4.59. The summed E-state index contributed by atoms with van der Waals surface area (Å²) in [5, 5.41) is 3.87. The second-order valence-electron chi connectivity index (χ2n) is 4.64. The molecule has 0 radical (unpaired) electrons. The summed E-state index contributed by atoms with van der Waals surface area (Å²) in [5.74, 6) is -0.0138. The second-order valence-corrected chi connectivity index (χ2v) is 5.05. The molecule has 0 heterocycles. The van der Waals surface area contributed by atoms with Gasteiger partial charge in [0.2, 0.25) is 0 Å². The normalized spacial score (nSPS) is 11.2. The summed E-state index contributed by atoms with van der Waals surface area (Å²) in [7, 11) is 0. The number of ketones is 1. The van der Waals surface area contributed by atoms with E-state index in [1.807, 2.05) is 55.5 Å². The van der Waals surface area contributed by atoms with Crippen LogP contribution in [0.15, 0.2) is 54.6 Å². The first-order valence-electron chi connectivity index (χ1n) is 6.37. The minimum absolute atomic E-state index is 0.0138. The number of hydrogen-bond donors (Lipinski definition) is 1. The summed E-state index contributed by atoms with van der Waals surface area (Å²) in [6, 6.07) is 15.5. The molecule has 0 unspecified atom stereocenters. The van der Waals surface area contributed by atoms with Crippen LogP contribution in [0.5, 0.6) is 0 Å². The van der Waals surface area contributed by atoms with Crippen LogP contribution in [0.2, 0.25) is 5.02 Å². The fourth-order valence-corrected chi connectivity index (χ4v) is 2.06. The molecular formula is C17H16ClNO. The van der Waals surface area contributed by atoms with Gasteiger partial charge in [-0.25, -0.2) is 0 Å². The first-order valence-corrected chi connectivity index (χ1v) is 6.75. The molecule has 0 aliphatic carbocycles. The third-order valence-corrected chi connectivity index (χ3v) is 3.15. The Morgan fingerprint density at radius 2 is 1.85 bits per heavy atom. The highest BCUT2D eigenvalue weighted by Gasteiger charge is 2.06. The summed E-state index contributed by atoms with van der Waals surface area (Å²) >= 11 is 6.19. The third-order valence-electron chi connectivity index (χ3n) is 2.82. The molecule has 2 aromatic rings. The molecule has 20 heavy (non-hydrogen) atoms. The van der Waals surface area contributed by atoms with Crippen molar-refractivity contribution in [1.82, 2.24) is 0 Å². The lowest BCUT2D eigenvalue weighted by atomic mass is 10.1. The number of hydrogen-bond acceptors (Lipinski definition) is 2. The van der Waals surface area contributed by atoms with E-state index in [0.29, 0.717) is 5.02 Å². The van der Waals surface area contributed by atoms with Crippen molar-refractivity contribution in [1.29, 1.82) is 0 Å². The predicted octanol–water partition coefficient (Wildman–Crippen LogP) is 4.69. The fraction of sp³-hybridized carbons (Fsp3) is 0.118. The van der Waals surface area contributed by atoms with Crippen LogP contribution in [0.4, 0.5) is 5.69 Å². The molecule has 0 aliphatic heterocycles. The summed E-state index contributed by atoms with van der Waals surface area (Å²) in [4.78, 5) is 11.4. The zero-order valence-electron chi connectivity index (χ0n) is 11.5. The van der Waals surface area contributed by atoms with Crippen LogP contribution in [-0.4, -0.2) is 5.78 Å². The maximum Gasteiger partial charge on any atom is 0.154 e. The van der Waals surface area contributed by atoms with Crippen LogP contribution in [0, 0.1) is 6.92 Å². The van der Waals surface area contributed by atoms with E-state index in [2.05, 4.69) is 5.32 Å². The molecule has 2 nitrogen and oxygen atoms in total. The van der Waals surface area contributed by atoms with Gasteiger partial charge in [0, 0.05) is 11.8 Å². The lowest BCUT2D eigenvalue weighted by Crippen LogP contribution is -2.02. The van der Waals surface area contributed by atoms with Gasteiger partial charge in [0.15, 0.2) is 5.78 Å². The van der Waals surface area contributed by atoms with Gasteiger partial charge in [-0.1, -0.05) is 48.0 Å². The third kappa shape index (κ3) is 3.72. The van der Waals surface area contributed by atoms with Crippen LogP contribution in [0.25, 0.3) is 5.70 Å². The number of carbonyl (C=O) groups is 1. The Hall–Kier alpha value is -2.06. The zero-order valence-corrected chi connectivity index (χ0v) is 12.2. The molecular weight excluding hydrogens is 270 g/mol. The van der Waals surface area contributed by atoms with E-state index < -0.39 is 0 Å². The van der Waals surface area contributed by atoms with Crippen molar-refractivity contribution in [2.24, 2.45) is 0 Å². The molecule has 1 N–H and O–H groups in total. The predicted molar refractivity (Wildman–Crippen MR) is 84.9 cm³/mol. The van der Waals surface area contributed by atoms with E-state index in [1.54, 1.807) is 6.08 Å². The topological polar surface area (TPSA) is 29.1 Å². The Labute approximate surface area is 124 Å². The van der Waals surface area contributed by atoms with Crippen molar-refractivity contribution < 1.29 is 4.79 Å². The van der Waals surface area contributed by atoms with Gasteiger partial charge in [-0.05, 0) is 37.1 Å². The molecule has 0 aromatic heterocycles. The van der Waals surface area contributed by atoms with E-state index in [-0.39, 0.29) is 5.78 Å². The van der Waals surface area contributed by atoms with Gasteiger partial charge >= 0.3 is 0 Å². The van der Waals surface area contributed by atoms with E-state index in [1.165, 1.54) is 6.92 Å². The Morgan fingerprint density at radius 1 is 1.15 bits per heavy atom. The zero-order chi connectivity index (χ0) is 14.5. The Balaban J connectivity index is 2.39. The largest absolute Gasteiger partial charge is 0.354 e. The van der Waals surface area contributed by atoms with Crippen LogP contribution < -0.4 is 5.32 Å². The van der Waals surface area contributed by atoms with Crippen LogP contribution >= 0.6 is 11.6 Å². The van der Waals surface area contributed by atoms with Gasteiger partial charge in [-0.3, -0.25) is 4.79 Å². The SMILES string of the molecule is CC(=O)/C=C(/Nc1cc(C)ccc1Cl)c1ccccc1. The van der Waals surface area contributed by atoms with Gasteiger partial charge in [0.25, 0.3) is 0 Å². The van der Waals surface area contributed by atoms with Gasteiger partial charge in [0.05, 0.1) is 10.7 Å². The molecule has 102 valence electrons. The smallest absolute Gasteiger partial charge is 0.154 e.